The van der Waals surface area contributed by atoms with Crippen molar-refractivity contribution in [3.05, 3.63) is 35.9 Å². The zero-order chi connectivity index (χ0) is 8.81. The van der Waals surface area contributed by atoms with Gasteiger partial charge in [0.15, 0.2) is 0 Å². The van der Waals surface area contributed by atoms with Gasteiger partial charge in [0.25, 0.3) is 0 Å². The standard InChI is InChI=1S/C10H9NS/c11-8-2-1-3-9-4-6-10(12)7-5-9/h1,3-7,12H,2H2. The maximum absolute atomic E-state index is 8.27. The maximum atomic E-state index is 8.27. The van der Waals surface area contributed by atoms with E-state index < -0.39 is 0 Å². The molecular weight excluding hydrogens is 166 g/mol. The summed E-state index contributed by atoms with van der Waals surface area (Å²) < 4.78 is 0. The Labute approximate surface area is 77.7 Å². The van der Waals surface area contributed by atoms with Crippen LogP contribution in [0, 0.1) is 11.3 Å². The maximum Gasteiger partial charge on any atom is 0.0663 e. The lowest BCUT2D eigenvalue weighted by Crippen LogP contribution is -1.70. The molecule has 0 amide bonds. The molecule has 0 aliphatic rings. The van der Waals surface area contributed by atoms with Crippen molar-refractivity contribution in [2.24, 2.45) is 0 Å². The highest BCUT2D eigenvalue weighted by Gasteiger charge is 1.85. The van der Waals surface area contributed by atoms with Crippen LogP contribution in [0.5, 0.6) is 0 Å². The number of hydrogen-bond acceptors (Lipinski definition) is 2. The number of benzene rings is 1. The van der Waals surface area contributed by atoms with E-state index in [1.54, 1.807) is 0 Å². The SMILES string of the molecule is N#CCC=Cc1ccc(S)cc1. The van der Waals surface area contributed by atoms with Crippen LogP contribution < -0.4 is 0 Å². The fourth-order valence-corrected chi connectivity index (χ4v) is 0.982. The van der Waals surface area contributed by atoms with E-state index in [-0.39, 0.29) is 0 Å². The molecule has 60 valence electrons. The lowest BCUT2D eigenvalue weighted by atomic mass is 10.2. The van der Waals surface area contributed by atoms with Crippen LogP contribution in [0.3, 0.4) is 0 Å². The lowest BCUT2D eigenvalue weighted by Gasteiger charge is -1.92. The predicted octanol–water partition coefficient (Wildman–Crippen LogP) is 2.90. The van der Waals surface area contributed by atoms with Crippen molar-refractivity contribution >= 4 is 18.7 Å². The second-order valence-corrected chi connectivity index (χ2v) is 2.87. The number of allylic oxidation sites excluding steroid dienone is 1. The van der Waals surface area contributed by atoms with Crippen molar-refractivity contribution < 1.29 is 0 Å². The molecule has 0 aromatic heterocycles. The molecule has 0 heterocycles. The van der Waals surface area contributed by atoms with Gasteiger partial charge in [0.05, 0.1) is 12.5 Å². The van der Waals surface area contributed by atoms with E-state index in [2.05, 4.69) is 12.6 Å². The summed E-state index contributed by atoms with van der Waals surface area (Å²) in [5.41, 5.74) is 1.10. The number of rotatable bonds is 2. The molecule has 0 atom stereocenters. The van der Waals surface area contributed by atoms with Gasteiger partial charge in [-0.25, -0.2) is 0 Å². The van der Waals surface area contributed by atoms with Crippen molar-refractivity contribution in [1.82, 2.24) is 0 Å². The molecule has 0 aliphatic carbocycles. The van der Waals surface area contributed by atoms with Gasteiger partial charge >= 0.3 is 0 Å². The Morgan fingerprint density at radius 3 is 2.58 bits per heavy atom. The molecule has 0 radical (unpaired) electrons. The predicted molar refractivity (Wildman–Crippen MR) is 53.0 cm³/mol. The highest BCUT2D eigenvalue weighted by atomic mass is 32.1. The van der Waals surface area contributed by atoms with Gasteiger partial charge in [-0.1, -0.05) is 24.3 Å². The summed E-state index contributed by atoms with van der Waals surface area (Å²) in [6.07, 6.45) is 4.23. The van der Waals surface area contributed by atoms with Crippen molar-refractivity contribution in [3.8, 4) is 6.07 Å². The minimum atomic E-state index is 0.461. The monoisotopic (exact) mass is 175 g/mol. The fraction of sp³-hybridized carbons (Fsp3) is 0.100. The molecule has 0 fully saturated rings. The summed E-state index contributed by atoms with van der Waals surface area (Å²) in [6, 6.07) is 9.84. The molecule has 1 aromatic rings. The van der Waals surface area contributed by atoms with E-state index in [0.717, 1.165) is 10.5 Å². The van der Waals surface area contributed by atoms with E-state index in [1.165, 1.54) is 0 Å². The first kappa shape index (κ1) is 8.89. The topological polar surface area (TPSA) is 23.8 Å². The minimum absolute atomic E-state index is 0.461. The summed E-state index contributed by atoms with van der Waals surface area (Å²) in [5.74, 6) is 0. The van der Waals surface area contributed by atoms with E-state index in [1.807, 2.05) is 42.5 Å². The molecule has 1 aromatic carbocycles. The van der Waals surface area contributed by atoms with E-state index in [0.29, 0.717) is 6.42 Å². The lowest BCUT2D eigenvalue weighted by molar-refractivity contribution is 1.36. The van der Waals surface area contributed by atoms with Gasteiger partial charge in [-0.2, -0.15) is 5.26 Å². The Morgan fingerprint density at radius 2 is 2.00 bits per heavy atom. The van der Waals surface area contributed by atoms with Gasteiger partial charge in [0.2, 0.25) is 0 Å². The molecule has 0 spiro atoms. The summed E-state index contributed by atoms with van der Waals surface area (Å²) in [7, 11) is 0. The smallest absolute Gasteiger partial charge is 0.0663 e. The average molecular weight is 175 g/mol. The fourth-order valence-electron chi connectivity index (χ4n) is 0.833. The van der Waals surface area contributed by atoms with E-state index in [9.17, 15) is 0 Å². The summed E-state index contributed by atoms with van der Waals surface area (Å²) in [6.45, 7) is 0. The quantitative estimate of drug-likeness (QED) is 0.686. The molecule has 0 saturated heterocycles. The summed E-state index contributed by atoms with van der Waals surface area (Å²) in [5, 5.41) is 8.27. The molecule has 0 saturated carbocycles. The molecule has 0 unspecified atom stereocenters. The third-order valence-corrected chi connectivity index (χ3v) is 1.71. The Morgan fingerprint density at radius 1 is 1.33 bits per heavy atom. The van der Waals surface area contributed by atoms with Gasteiger partial charge in [0, 0.05) is 4.90 Å². The van der Waals surface area contributed by atoms with Crippen LogP contribution in [0.4, 0.5) is 0 Å². The summed E-state index contributed by atoms with van der Waals surface area (Å²) in [4.78, 5) is 0.951. The van der Waals surface area contributed by atoms with Gasteiger partial charge in [-0.15, -0.1) is 12.6 Å². The summed E-state index contributed by atoms with van der Waals surface area (Å²) >= 11 is 4.16. The highest BCUT2D eigenvalue weighted by molar-refractivity contribution is 7.80. The first-order valence-corrected chi connectivity index (χ1v) is 4.10. The molecule has 12 heavy (non-hydrogen) atoms. The molecule has 0 N–H and O–H groups in total. The number of hydrogen-bond donors (Lipinski definition) is 1. The van der Waals surface area contributed by atoms with Crippen LogP contribution in [-0.4, -0.2) is 0 Å². The molecule has 2 heteroatoms. The Hall–Kier alpha value is -1.20. The van der Waals surface area contributed by atoms with Gasteiger partial charge in [-0.05, 0) is 17.7 Å². The molecule has 1 nitrogen and oxygen atoms in total. The third kappa shape index (κ3) is 2.81. The van der Waals surface area contributed by atoms with Crippen LogP contribution in [0.15, 0.2) is 35.2 Å². The molecule has 0 aliphatic heterocycles. The van der Waals surface area contributed by atoms with Gasteiger partial charge < -0.3 is 0 Å². The second kappa shape index (κ2) is 4.63. The van der Waals surface area contributed by atoms with Crippen LogP contribution in [0.25, 0.3) is 6.08 Å². The van der Waals surface area contributed by atoms with Crippen molar-refractivity contribution in [3.63, 3.8) is 0 Å². The second-order valence-electron chi connectivity index (χ2n) is 2.36. The normalized spacial score (nSPS) is 10.0. The van der Waals surface area contributed by atoms with E-state index >= 15 is 0 Å². The average Bonchev–Trinajstić information content (AvgIpc) is 2.09. The number of nitrogens with zero attached hydrogens (tertiary/aromatic N) is 1. The Bertz CT molecular complexity index is 306. The zero-order valence-electron chi connectivity index (χ0n) is 6.57. The highest BCUT2D eigenvalue weighted by Crippen LogP contribution is 2.08. The first-order valence-electron chi connectivity index (χ1n) is 3.65. The van der Waals surface area contributed by atoms with Gasteiger partial charge in [0.1, 0.15) is 0 Å². The van der Waals surface area contributed by atoms with Crippen LogP contribution in [-0.2, 0) is 0 Å². The largest absolute Gasteiger partial charge is 0.198 e. The molecule has 1 rings (SSSR count). The van der Waals surface area contributed by atoms with Crippen molar-refractivity contribution in [2.75, 3.05) is 0 Å². The minimum Gasteiger partial charge on any atom is -0.198 e. The van der Waals surface area contributed by atoms with Crippen LogP contribution >= 0.6 is 12.6 Å². The Kier molecular flexibility index (Phi) is 3.43. The zero-order valence-corrected chi connectivity index (χ0v) is 7.46. The van der Waals surface area contributed by atoms with Crippen LogP contribution in [0.2, 0.25) is 0 Å². The first-order chi connectivity index (χ1) is 5.83. The Balaban J connectivity index is 2.66. The number of nitriles is 1. The van der Waals surface area contributed by atoms with Crippen LogP contribution in [0.1, 0.15) is 12.0 Å². The third-order valence-electron chi connectivity index (χ3n) is 1.41. The van der Waals surface area contributed by atoms with Crippen molar-refractivity contribution in [2.45, 2.75) is 11.3 Å². The number of thiol groups is 1. The molecular formula is C10H9NS. The molecule has 0 bridgehead atoms. The van der Waals surface area contributed by atoms with Gasteiger partial charge in [-0.3, -0.25) is 0 Å². The van der Waals surface area contributed by atoms with E-state index in [4.69, 9.17) is 5.26 Å². The van der Waals surface area contributed by atoms with Crippen molar-refractivity contribution in [1.29, 1.82) is 5.26 Å².